The van der Waals surface area contributed by atoms with Crippen LogP contribution in [-0.2, 0) is 9.53 Å². The molecule has 5 rings (SSSR count). The van der Waals surface area contributed by atoms with Crippen molar-refractivity contribution in [3.8, 4) is 0 Å². The Balaban J connectivity index is 1.30. The number of nitrogens with one attached hydrogen (secondary N) is 2. The Bertz CT molecular complexity index is 1320. The monoisotopic (exact) mass is 513 g/mol. The second kappa shape index (κ2) is 11.8. The second-order valence-electron chi connectivity index (χ2n) is 9.17. The second-order valence-corrected chi connectivity index (χ2v) is 9.17. The summed E-state index contributed by atoms with van der Waals surface area (Å²) in [5.41, 5.74) is 2.33. The Morgan fingerprint density at radius 1 is 1.08 bits per heavy atom. The fourth-order valence-electron chi connectivity index (χ4n) is 4.12. The largest absolute Gasteiger partial charge is 0.378 e. The number of carbonyl (C=O) groups is 1. The minimum Gasteiger partial charge on any atom is -0.378 e. The van der Waals surface area contributed by atoms with Gasteiger partial charge in [-0.05, 0) is 32.3 Å². The fourth-order valence-corrected chi connectivity index (χ4v) is 4.12. The molecule has 3 aromatic heterocycles. The van der Waals surface area contributed by atoms with Crippen molar-refractivity contribution in [2.24, 2.45) is 0 Å². The summed E-state index contributed by atoms with van der Waals surface area (Å²) in [5, 5.41) is 6.15. The van der Waals surface area contributed by atoms with E-state index in [1.165, 1.54) is 6.08 Å². The molecule has 11 heteroatoms. The van der Waals surface area contributed by atoms with Crippen LogP contribution in [0.25, 0.3) is 6.08 Å². The first-order valence-electron chi connectivity index (χ1n) is 12.5. The maximum absolute atomic E-state index is 12.3. The lowest BCUT2D eigenvalue weighted by atomic mass is 10.2. The molecule has 196 valence electrons. The van der Waals surface area contributed by atoms with Gasteiger partial charge in [-0.1, -0.05) is 18.2 Å². The Kier molecular flexibility index (Phi) is 7.86. The van der Waals surface area contributed by atoms with Crippen LogP contribution in [0.15, 0.2) is 61.1 Å². The summed E-state index contributed by atoms with van der Waals surface area (Å²) >= 11 is 0. The van der Waals surface area contributed by atoms with Crippen LogP contribution in [0.1, 0.15) is 5.56 Å². The lowest BCUT2D eigenvalue weighted by molar-refractivity contribution is -0.111. The van der Waals surface area contributed by atoms with E-state index in [0.717, 1.165) is 36.0 Å². The number of carbonyl (C=O) groups excluding carboxylic acids is 1. The van der Waals surface area contributed by atoms with Crippen LogP contribution in [0.3, 0.4) is 0 Å². The molecular weight excluding hydrogens is 482 g/mol. The Morgan fingerprint density at radius 3 is 2.74 bits per heavy atom. The molecule has 0 spiro atoms. The summed E-state index contributed by atoms with van der Waals surface area (Å²) in [7, 11) is 3.90. The summed E-state index contributed by atoms with van der Waals surface area (Å²) in [4.78, 5) is 36.9. The number of amides is 1. The molecule has 0 bridgehead atoms. The molecule has 0 aliphatic carbocycles. The maximum Gasteiger partial charge on any atom is 0.248 e. The first-order valence-corrected chi connectivity index (χ1v) is 12.5. The van der Waals surface area contributed by atoms with Crippen LogP contribution in [0, 0.1) is 0 Å². The van der Waals surface area contributed by atoms with Gasteiger partial charge in [0, 0.05) is 62.0 Å². The van der Waals surface area contributed by atoms with Crippen molar-refractivity contribution in [2.75, 3.05) is 73.9 Å². The molecule has 3 aromatic rings. The number of hydrogen-bond donors (Lipinski definition) is 2. The minimum absolute atomic E-state index is 0.190. The molecule has 2 aliphatic heterocycles. The highest BCUT2D eigenvalue weighted by molar-refractivity contribution is 5.99. The van der Waals surface area contributed by atoms with Gasteiger partial charge in [-0.15, -0.1) is 0 Å². The Labute approximate surface area is 221 Å². The summed E-state index contributed by atoms with van der Waals surface area (Å²) in [6, 6.07) is 7.56. The molecule has 0 atom stereocenters. The molecule has 2 N–H and O–H groups in total. The number of nitrogens with zero attached hydrogens (tertiary/aromatic N) is 7. The van der Waals surface area contributed by atoms with Crippen molar-refractivity contribution in [1.29, 1.82) is 0 Å². The van der Waals surface area contributed by atoms with Crippen LogP contribution in [0.4, 0.5) is 34.8 Å². The molecule has 2 aliphatic rings. The van der Waals surface area contributed by atoms with Gasteiger partial charge in [-0.3, -0.25) is 4.79 Å². The van der Waals surface area contributed by atoms with Crippen LogP contribution in [0.5, 0.6) is 0 Å². The minimum atomic E-state index is -0.190. The molecule has 1 saturated heterocycles. The highest BCUT2D eigenvalue weighted by atomic mass is 16.5. The number of pyridine rings is 2. The van der Waals surface area contributed by atoms with Crippen molar-refractivity contribution in [2.45, 2.75) is 0 Å². The van der Waals surface area contributed by atoms with Gasteiger partial charge in [0.1, 0.15) is 17.5 Å². The number of anilines is 6. The summed E-state index contributed by atoms with van der Waals surface area (Å²) in [6.07, 6.45) is 12.6. The van der Waals surface area contributed by atoms with Gasteiger partial charge in [0.15, 0.2) is 0 Å². The van der Waals surface area contributed by atoms with Crippen molar-refractivity contribution in [3.63, 3.8) is 0 Å². The van der Waals surface area contributed by atoms with E-state index in [-0.39, 0.29) is 5.91 Å². The average molecular weight is 514 g/mol. The third kappa shape index (κ3) is 6.31. The van der Waals surface area contributed by atoms with E-state index in [1.807, 2.05) is 60.3 Å². The predicted molar refractivity (Wildman–Crippen MR) is 149 cm³/mol. The highest BCUT2D eigenvalue weighted by Gasteiger charge is 2.20. The summed E-state index contributed by atoms with van der Waals surface area (Å²) in [5.74, 6) is 2.59. The zero-order valence-corrected chi connectivity index (χ0v) is 21.5. The van der Waals surface area contributed by atoms with E-state index < -0.39 is 0 Å². The molecule has 1 amide bonds. The van der Waals surface area contributed by atoms with E-state index in [9.17, 15) is 4.79 Å². The first-order chi connectivity index (χ1) is 18.5. The van der Waals surface area contributed by atoms with Gasteiger partial charge in [-0.2, -0.15) is 4.98 Å². The molecule has 38 heavy (non-hydrogen) atoms. The van der Waals surface area contributed by atoms with Crippen LogP contribution in [0.2, 0.25) is 0 Å². The third-order valence-electron chi connectivity index (χ3n) is 6.01. The van der Waals surface area contributed by atoms with Gasteiger partial charge >= 0.3 is 0 Å². The number of fused-ring (bicyclic) bond motifs is 1. The zero-order chi connectivity index (χ0) is 26.3. The van der Waals surface area contributed by atoms with Crippen LogP contribution < -0.4 is 20.4 Å². The maximum atomic E-state index is 12.3. The van der Waals surface area contributed by atoms with E-state index in [4.69, 9.17) is 9.72 Å². The van der Waals surface area contributed by atoms with Crippen LogP contribution in [-0.4, -0.2) is 84.2 Å². The lowest BCUT2D eigenvalue weighted by Gasteiger charge is -2.27. The van der Waals surface area contributed by atoms with Gasteiger partial charge in [0.2, 0.25) is 11.9 Å². The van der Waals surface area contributed by atoms with Crippen molar-refractivity contribution in [1.82, 2.24) is 24.8 Å². The van der Waals surface area contributed by atoms with Gasteiger partial charge < -0.3 is 30.1 Å². The van der Waals surface area contributed by atoms with Gasteiger partial charge in [0.05, 0.1) is 25.1 Å². The Morgan fingerprint density at radius 2 is 1.95 bits per heavy atom. The standard InChI is InChI=1S/C27H31N9O2/c1-34(2)11-4-6-25(37)31-21-9-10-28-24(17-21)36-12-3-5-20-18-30-27(33-26(20)36)32-22-7-8-23(29-19-22)35-13-15-38-16-14-35/h3-10,17-19H,11-16H2,1-2H3,(H,28,31,37)(H,30,32,33)/b6-4+. The van der Waals surface area contributed by atoms with E-state index in [0.29, 0.717) is 43.8 Å². The number of hydrogen-bond acceptors (Lipinski definition) is 10. The molecular formula is C27H31N9O2. The quantitative estimate of drug-likeness (QED) is 0.436. The number of aromatic nitrogens is 4. The molecule has 11 nitrogen and oxygen atoms in total. The number of ether oxygens (including phenoxy) is 1. The normalized spacial score (nSPS) is 15.1. The third-order valence-corrected chi connectivity index (χ3v) is 6.01. The van der Waals surface area contributed by atoms with E-state index >= 15 is 0 Å². The summed E-state index contributed by atoms with van der Waals surface area (Å²) < 4.78 is 5.42. The van der Waals surface area contributed by atoms with Crippen molar-refractivity contribution < 1.29 is 9.53 Å². The topological polar surface area (TPSA) is 112 Å². The van der Waals surface area contributed by atoms with E-state index in [1.54, 1.807) is 24.7 Å². The predicted octanol–water partition coefficient (Wildman–Crippen LogP) is 3.07. The Hall–Kier alpha value is -4.35. The zero-order valence-electron chi connectivity index (χ0n) is 21.5. The van der Waals surface area contributed by atoms with Crippen LogP contribution >= 0.6 is 0 Å². The summed E-state index contributed by atoms with van der Waals surface area (Å²) in [6.45, 7) is 4.38. The first kappa shape index (κ1) is 25.3. The van der Waals surface area contributed by atoms with Crippen molar-refractivity contribution in [3.05, 3.63) is 66.6 Å². The van der Waals surface area contributed by atoms with Gasteiger partial charge in [0.25, 0.3) is 0 Å². The molecule has 0 radical (unpaired) electrons. The fraction of sp³-hybridized carbons (Fsp3) is 0.296. The smallest absolute Gasteiger partial charge is 0.248 e. The number of morpholine rings is 1. The lowest BCUT2D eigenvalue weighted by Crippen LogP contribution is -2.36. The highest BCUT2D eigenvalue weighted by Crippen LogP contribution is 2.31. The average Bonchev–Trinajstić information content (AvgIpc) is 2.93. The van der Waals surface area contributed by atoms with Crippen molar-refractivity contribution >= 4 is 46.8 Å². The molecule has 0 aromatic carbocycles. The van der Waals surface area contributed by atoms with E-state index in [2.05, 4.69) is 30.5 Å². The molecule has 1 fully saturated rings. The SMILES string of the molecule is CN(C)C/C=C/C(=O)Nc1ccnc(N2CC=Cc3cnc(Nc4ccc(N5CCOCC5)nc4)nc32)c1. The molecule has 5 heterocycles. The molecule has 0 saturated carbocycles. The molecule has 0 unspecified atom stereocenters. The number of rotatable bonds is 8. The number of likely N-dealkylation sites (N-methyl/N-ethyl adjacent to an activating group) is 1. The van der Waals surface area contributed by atoms with Gasteiger partial charge in [-0.25, -0.2) is 15.0 Å².